The van der Waals surface area contributed by atoms with Gasteiger partial charge in [0.15, 0.2) is 0 Å². The number of aromatic nitrogens is 1. The number of carbonyl (C=O) groups is 1. The Kier molecular flexibility index (Phi) is 9.25. The van der Waals surface area contributed by atoms with E-state index in [0.717, 1.165) is 61.3 Å². The third kappa shape index (κ3) is 6.08. The maximum Gasteiger partial charge on any atom is 0.308 e. The molecular formula is C36H53NO5. The average Bonchev–Trinajstić information content (AvgIpc) is 3.51. The van der Waals surface area contributed by atoms with Gasteiger partial charge in [0.2, 0.25) is 5.89 Å². The van der Waals surface area contributed by atoms with E-state index in [2.05, 4.69) is 37.6 Å². The molecule has 0 saturated heterocycles. The molecule has 5 rings (SSSR count). The van der Waals surface area contributed by atoms with Crippen molar-refractivity contribution in [1.29, 1.82) is 0 Å². The van der Waals surface area contributed by atoms with E-state index < -0.39 is 12.2 Å². The van der Waals surface area contributed by atoms with E-state index in [-0.39, 0.29) is 28.8 Å². The summed E-state index contributed by atoms with van der Waals surface area (Å²) in [5.74, 6) is 2.23. The number of oxazole rings is 1. The van der Waals surface area contributed by atoms with Crippen molar-refractivity contribution in [2.45, 2.75) is 135 Å². The van der Waals surface area contributed by atoms with Crippen LogP contribution in [0, 0.1) is 36.0 Å². The lowest BCUT2D eigenvalue weighted by Crippen LogP contribution is -2.37. The molecule has 4 saturated carbocycles. The molecule has 6 nitrogen and oxygen atoms in total. The lowest BCUT2D eigenvalue weighted by atomic mass is 9.60. The minimum Gasteiger partial charge on any atom is -0.461 e. The zero-order valence-electron chi connectivity index (χ0n) is 26.5. The van der Waals surface area contributed by atoms with E-state index in [1.54, 1.807) is 6.26 Å². The molecule has 0 amide bonds. The van der Waals surface area contributed by atoms with Gasteiger partial charge in [0.1, 0.15) is 12.4 Å². The number of carbonyl (C=O) groups excluding carboxylic acids is 1. The number of aliphatic hydroxyl groups is 2. The van der Waals surface area contributed by atoms with Crippen LogP contribution in [-0.2, 0) is 14.9 Å². The highest BCUT2D eigenvalue weighted by atomic mass is 16.5. The van der Waals surface area contributed by atoms with Crippen LogP contribution in [-0.4, -0.2) is 39.5 Å². The molecule has 0 aliphatic heterocycles. The molecule has 0 spiro atoms. The fraction of sp³-hybridized carbons (Fsp3) is 0.722. The Balaban J connectivity index is 1.29. The van der Waals surface area contributed by atoms with E-state index in [9.17, 15) is 15.0 Å². The number of hydrogen-bond donors (Lipinski definition) is 2. The summed E-state index contributed by atoms with van der Waals surface area (Å²) in [7, 11) is 0. The summed E-state index contributed by atoms with van der Waals surface area (Å²) in [6, 6.07) is 0. The number of rotatable bonds is 10. The molecule has 2 N–H and O–H groups in total. The van der Waals surface area contributed by atoms with Crippen LogP contribution in [0.2, 0.25) is 0 Å². The fourth-order valence-electron chi connectivity index (χ4n) is 8.56. The van der Waals surface area contributed by atoms with Crippen LogP contribution in [0.15, 0.2) is 46.1 Å². The minimum atomic E-state index is -0.651. The van der Waals surface area contributed by atoms with Crippen molar-refractivity contribution in [2.75, 3.05) is 0 Å². The lowest BCUT2D eigenvalue weighted by Gasteiger charge is -2.44. The molecule has 4 aliphatic rings. The molecule has 232 valence electrons. The summed E-state index contributed by atoms with van der Waals surface area (Å²) in [6.07, 6.45) is 16.2. The van der Waals surface area contributed by atoms with Crippen LogP contribution >= 0.6 is 0 Å². The molecule has 4 fully saturated rings. The van der Waals surface area contributed by atoms with Crippen molar-refractivity contribution in [1.82, 2.24) is 4.98 Å². The summed E-state index contributed by atoms with van der Waals surface area (Å²) >= 11 is 0. The van der Waals surface area contributed by atoms with E-state index in [4.69, 9.17) is 9.15 Å². The number of nitrogens with zero attached hydrogens (tertiary/aromatic N) is 1. The average molecular weight is 580 g/mol. The van der Waals surface area contributed by atoms with Crippen LogP contribution in [0.25, 0.3) is 0 Å². The Bertz CT molecular complexity index is 1210. The van der Waals surface area contributed by atoms with Gasteiger partial charge in [0.05, 0.1) is 29.2 Å². The van der Waals surface area contributed by atoms with Crippen molar-refractivity contribution in [3.05, 3.63) is 53.3 Å². The predicted octanol–water partition coefficient (Wildman–Crippen LogP) is 7.53. The molecule has 1 heterocycles. The van der Waals surface area contributed by atoms with Gasteiger partial charge in [-0.2, -0.15) is 0 Å². The smallest absolute Gasteiger partial charge is 0.308 e. The Labute approximate surface area is 252 Å². The maximum atomic E-state index is 13.0. The summed E-state index contributed by atoms with van der Waals surface area (Å²) in [6.45, 7) is 15.0. The molecule has 1 unspecified atom stereocenters. The van der Waals surface area contributed by atoms with Gasteiger partial charge in [-0.05, 0) is 112 Å². The Morgan fingerprint density at radius 1 is 1.21 bits per heavy atom. The Hall–Kier alpha value is -2.18. The van der Waals surface area contributed by atoms with Crippen molar-refractivity contribution in [3.8, 4) is 0 Å². The molecular weight excluding hydrogens is 526 g/mol. The monoisotopic (exact) mass is 579 g/mol. The van der Waals surface area contributed by atoms with Gasteiger partial charge >= 0.3 is 5.97 Å². The summed E-state index contributed by atoms with van der Waals surface area (Å²) in [4.78, 5) is 17.7. The van der Waals surface area contributed by atoms with Gasteiger partial charge < -0.3 is 19.4 Å². The maximum absolute atomic E-state index is 13.0. The van der Waals surface area contributed by atoms with E-state index in [1.807, 2.05) is 20.8 Å². The van der Waals surface area contributed by atoms with Crippen LogP contribution in [0.5, 0.6) is 0 Å². The number of esters is 1. The fourth-order valence-corrected chi connectivity index (χ4v) is 8.56. The molecule has 42 heavy (non-hydrogen) atoms. The van der Waals surface area contributed by atoms with Gasteiger partial charge in [0.25, 0.3) is 0 Å². The topological polar surface area (TPSA) is 92.8 Å². The third-order valence-electron chi connectivity index (χ3n) is 11.6. The van der Waals surface area contributed by atoms with Gasteiger partial charge in [0, 0.05) is 6.42 Å². The van der Waals surface area contributed by atoms with Crippen molar-refractivity contribution in [2.24, 2.45) is 29.1 Å². The number of ether oxygens (including phenoxy) is 1. The number of hydrogen-bond acceptors (Lipinski definition) is 6. The molecule has 1 aromatic heterocycles. The second kappa shape index (κ2) is 12.4. The third-order valence-corrected chi connectivity index (χ3v) is 11.6. The SMILES string of the molecule is C=C1/C(=C\C=C2/CCC[C@]3(C)[C@@H]([C@H](C)CC[C@@H](OC(=O)C(C)CC)C4(c5nc(C)co5)CC4)CC[C@@H]23)C[C@@H](O)C[C@@H]1O. The summed E-state index contributed by atoms with van der Waals surface area (Å²) < 4.78 is 12.2. The van der Waals surface area contributed by atoms with Crippen LogP contribution in [0.1, 0.15) is 116 Å². The lowest BCUT2D eigenvalue weighted by molar-refractivity contribution is -0.156. The Morgan fingerprint density at radius 2 is 1.98 bits per heavy atom. The minimum absolute atomic E-state index is 0.102. The Morgan fingerprint density at radius 3 is 2.64 bits per heavy atom. The van der Waals surface area contributed by atoms with Crippen LogP contribution < -0.4 is 0 Å². The van der Waals surface area contributed by atoms with E-state index >= 15 is 0 Å². The first-order chi connectivity index (χ1) is 20.0. The number of aliphatic hydroxyl groups excluding tert-OH is 2. The normalized spacial score (nSPS) is 34.7. The van der Waals surface area contributed by atoms with E-state index in [0.29, 0.717) is 30.6 Å². The van der Waals surface area contributed by atoms with Crippen LogP contribution in [0.4, 0.5) is 0 Å². The highest BCUT2D eigenvalue weighted by molar-refractivity contribution is 5.72. The summed E-state index contributed by atoms with van der Waals surface area (Å²) in [5.41, 5.74) is 4.11. The van der Waals surface area contributed by atoms with Crippen LogP contribution in [0.3, 0.4) is 0 Å². The number of allylic oxidation sites excluding steroid dienone is 3. The second-order valence-electron chi connectivity index (χ2n) is 14.4. The van der Waals surface area contributed by atoms with Gasteiger partial charge in [-0.1, -0.05) is 52.0 Å². The molecule has 6 heteroatoms. The van der Waals surface area contributed by atoms with Gasteiger partial charge in [-0.25, -0.2) is 4.98 Å². The highest BCUT2D eigenvalue weighted by Crippen LogP contribution is 2.60. The number of aryl methyl sites for hydroxylation is 1. The predicted molar refractivity (Wildman–Crippen MR) is 165 cm³/mol. The standard InChI is InChI=1S/C36H53NO5/c1-7-22(2)33(40)42-32(36(17-18-36)34-37-24(4)21-41-34)15-10-23(3)29-13-14-30-26(9-8-16-35(29,30)6)11-12-27-19-28(38)20-31(39)25(27)5/h11-12,21-23,28-32,38-39H,5,7-10,13-20H2,1-4,6H3/b26-11+,27-12-/t22?,23-,28-,29-,30+,31+,32-,35-/m1/s1. The zero-order valence-corrected chi connectivity index (χ0v) is 26.5. The van der Waals surface area contributed by atoms with Gasteiger partial charge in [-0.15, -0.1) is 0 Å². The largest absolute Gasteiger partial charge is 0.461 e. The van der Waals surface area contributed by atoms with Gasteiger partial charge in [-0.3, -0.25) is 4.79 Å². The first-order valence-electron chi connectivity index (χ1n) is 16.6. The summed E-state index contributed by atoms with van der Waals surface area (Å²) in [5, 5.41) is 20.5. The highest BCUT2D eigenvalue weighted by Gasteiger charge is 2.57. The molecule has 1 aromatic rings. The molecule has 4 aliphatic carbocycles. The van der Waals surface area contributed by atoms with E-state index in [1.165, 1.54) is 31.3 Å². The zero-order chi connectivity index (χ0) is 30.2. The molecule has 0 radical (unpaired) electrons. The molecule has 0 aromatic carbocycles. The second-order valence-corrected chi connectivity index (χ2v) is 14.4. The number of fused-ring (bicyclic) bond motifs is 1. The first kappa shape index (κ1) is 31.3. The van der Waals surface area contributed by atoms with Crippen molar-refractivity contribution < 1.29 is 24.2 Å². The first-order valence-corrected chi connectivity index (χ1v) is 16.6. The molecule has 8 atom stereocenters. The molecule has 0 bridgehead atoms. The quantitative estimate of drug-likeness (QED) is 0.278. The van der Waals surface area contributed by atoms with Crippen molar-refractivity contribution in [3.63, 3.8) is 0 Å². The van der Waals surface area contributed by atoms with Crippen molar-refractivity contribution >= 4 is 5.97 Å².